The number of hydrogen-bond donors (Lipinski definition) is 1. The first-order valence-corrected chi connectivity index (χ1v) is 8.51. The van der Waals surface area contributed by atoms with Crippen molar-refractivity contribution in [2.45, 2.75) is 91.3 Å². The van der Waals surface area contributed by atoms with Crippen LogP contribution in [0.5, 0.6) is 0 Å². The van der Waals surface area contributed by atoms with Crippen LogP contribution in [0.2, 0.25) is 0 Å². The molecule has 0 saturated carbocycles. The molecule has 1 rings (SSSR count). The third-order valence-electron chi connectivity index (χ3n) is 5.15. The van der Waals surface area contributed by atoms with E-state index in [0.29, 0.717) is 25.2 Å². The van der Waals surface area contributed by atoms with Crippen LogP contribution in [0.4, 0.5) is 0 Å². The Morgan fingerprint density at radius 2 is 1.71 bits per heavy atom. The Hall–Kier alpha value is -1.06. The van der Waals surface area contributed by atoms with Gasteiger partial charge in [-0.1, -0.05) is 41.0 Å². The van der Waals surface area contributed by atoms with E-state index in [0.717, 1.165) is 12.8 Å². The third-order valence-corrected chi connectivity index (χ3v) is 5.15. The van der Waals surface area contributed by atoms with Crippen molar-refractivity contribution in [3.63, 3.8) is 0 Å². The summed E-state index contributed by atoms with van der Waals surface area (Å²) in [7, 11) is 0. The van der Waals surface area contributed by atoms with Crippen LogP contribution in [-0.4, -0.2) is 34.3 Å². The van der Waals surface area contributed by atoms with E-state index < -0.39 is 5.54 Å². The number of carbonyl (C=O) groups is 2. The van der Waals surface area contributed by atoms with Gasteiger partial charge >= 0.3 is 0 Å². The lowest BCUT2D eigenvalue weighted by Crippen LogP contribution is -2.71. The highest BCUT2D eigenvalue weighted by Gasteiger charge is 2.49. The summed E-state index contributed by atoms with van der Waals surface area (Å²) < 4.78 is 0. The quantitative estimate of drug-likeness (QED) is 0.785. The number of nitrogens with zero attached hydrogens (tertiary/aromatic N) is 1. The van der Waals surface area contributed by atoms with Gasteiger partial charge in [0.25, 0.3) is 0 Å². The molecule has 1 fully saturated rings. The van der Waals surface area contributed by atoms with Gasteiger partial charge in [0.15, 0.2) is 0 Å². The van der Waals surface area contributed by atoms with E-state index in [4.69, 9.17) is 0 Å². The molecule has 0 aromatic rings. The van der Waals surface area contributed by atoms with Crippen molar-refractivity contribution in [3.05, 3.63) is 0 Å². The molecule has 0 aliphatic carbocycles. The van der Waals surface area contributed by atoms with Crippen LogP contribution in [0.1, 0.15) is 73.6 Å². The molecule has 1 aliphatic rings. The van der Waals surface area contributed by atoms with Crippen LogP contribution in [0.15, 0.2) is 0 Å². The first-order valence-electron chi connectivity index (χ1n) is 8.51. The summed E-state index contributed by atoms with van der Waals surface area (Å²) in [4.78, 5) is 27.4. The topological polar surface area (TPSA) is 49.4 Å². The Morgan fingerprint density at radius 3 is 2.14 bits per heavy atom. The molecule has 1 aliphatic heterocycles. The van der Waals surface area contributed by atoms with Crippen LogP contribution < -0.4 is 5.32 Å². The Bertz CT molecular complexity index is 377. The molecule has 1 heterocycles. The van der Waals surface area contributed by atoms with E-state index in [1.807, 2.05) is 25.7 Å². The average molecular weight is 296 g/mol. The van der Waals surface area contributed by atoms with Crippen molar-refractivity contribution in [1.82, 2.24) is 10.2 Å². The maximum atomic E-state index is 13.0. The largest absolute Gasteiger partial charge is 0.340 e. The van der Waals surface area contributed by atoms with E-state index in [2.05, 4.69) is 26.1 Å². The van der Waals surface area contributed by atoms with Crippen molar-refractivity contribution >= 4 is 11.8 Å². The van der Waals surface area contributed by atoms with Gasteiger partial charge in [0, 0.05) is 6.04 Å². The van der Waals surface area contributed by atoms with Crippen LogP contribution in [-0.2, 0) is 9.59 Å². The standard InChI is InChI=1S/C17H32N2O2/c1-7-12(5)11-13(6)19-14(8-2)15(20)18-17(9-3,10-4)16(19)21/h12-14H,7-11H2,1-6H3,(H,18,20). The molecule has 4 heteroatoms. The number of nitrogens with one attached hydrogen (secondary N) is 1. The van der Waals surface area contributed by atoms with E-state index >= 15 is 0 Å². The predicted molar refractivity (Wildman–Crippen MR) is 85.9 cm³/mol. The van der Waals surface area contributed by atoms with Crippen molar-refractivity contribution in [3.8, 4) is 0 Å². The second kappa shape index (κ2) is 7.28. The molecule has 0 aromatic carbocycles. The number of piperazine rings is 1. The minimum atomic E-state index is -0.702. The van der Waals surface area contributed by atoms with Crippen molar-refractivity contribution in [2.75, 3.05) is 0 Å². The van der Waals surface area contributed by atoms with Gasteiger partial charge in [-0.05, 0) is 38.5 Å². The number of carbonyl (C=O) groups excluding carboxylic acids is 2. The fourth-order valence-electron chi connectivity index (χ4n) is 3.37. The molecule has 0 bridgehead atoms. The van der Waals surface area contributed by atoms with Gasteiger partial charge in [0.05, 0.1) is 0 Å². The minimum Gasteiger partial charge on any atom is -0.340 e. The Labute approximate surface area is 129 Å². The first-order chi connectivity index (χ1) is 9.86. The molecule has 1 N–H and O–H groups in total. The SMILES string of the molecule is CCC(C)CC(C)N1C(=O)C(CC)(CC)NC(=O)C1CC. The van der Waals surface area contributed by atoms with Gasteiger partial charge in [-0.25, -0.2) is 0 Å². The second-order valence-corrected chi connectivity index (χ2v) is 6.51. The van der Waals surface area contributed by atoms with Gasteiger partial charge in [-0.2, -0.15) is 0 Å². The molecule has 122 valence electrons. The molecule has 0 aromatic heterocycles. The Balaban J connectivity index is 3.09. The minimum absolute atomic E-state index is 0.0109. The Morgan fingerprint density at radius 1 is 1.14 bits per heavy atom. The van der Waals surface area contributed by atoms with Gasteiger partial charge in [0.2, 0.25) is 11.8 Å². The van der Waals surface area contributed by atoms with Crippen molar-refractivity contribution in [1.29, 1.82) is 0 Å². The summed E-state index contributed by atoms with van der Waals surface area (Å²) in [5.41, 5.74) is -0.702. The summed E-state index contributed by atoms with van der Waals surface area (Å²) >= 11 is 0. The van der Waals surface area contributed by atoms with Crippen LogP contribution in [0.3, 0.4) is 0 Å². The fourth-order valence-corrected chi connectivity index (χ4v) is 3.37. The monoisotopic (exact) mass is 296 g/mol. The predicted octanol–water partition coefficient (Wildman–Crippen LogP) is 3.11. The smallest absolute Gasteiger partial charge is 0.249 e. The van der Waals surface area contributed by atoms with Crippen LogP contribution in [0.25, 0.3) is 0 Å². The molecular weight excluding hydrogens is 264 g/mol. The average Bonchev–Trinajstić information content (AvgIpc) is 2.48. The van der Waals surface area contributed by atoms with Gasteiger partial charge in [0.1, 0.15) is 11.6 Å². The van der Waals surface area contributed by atoms with E-state index in [9.17, 15) is 9.59 Å². The van der Waals surface area contributed by atoms with Gasteiger partial charge in [-0.15, -0.1) is 0 Å². The molecule has 21 heavy (non-hydrogen) atoms. The summed E-state index contributed by atoms with van der Waals surface area (Å²) in [6, 6.07) is -0.205. The van der Waals surface area contributed by atoms with Crippen LogP contribution in [0, 0.1) is 5.92 Å². The van der Waals surface area contributed by atoms with E-state index in [-0.39, 0.29) is 23.9 Å². The normalized spacial score (nSPS) is 24.7. The maximum Gasteiger partial charge on any atom is 0.249 e. The summed E-state index contributed by atoms with van der Waals surface area (Å²) in [6.45, 7) is 12.4. The molecule has 2 amide bonds. The number of amides is 2. The zero-order chi connectivity index (χ0) is 16.2. The van der Waals surface area contributed by atoms with Gasteiger partial charge < -0.3 is 10.2 Å². The molecular formula is C17H32N2O2. The van der Waals surface area contributed by atoms with Crippen molar-refractivity contribution in [2.24, 2.45) is 5.92 Å². The lowest BCUT2D eigenvalue weighted by Gasteiger charge is -2.48. The lowest BCUT2D eigenvalue weighted by atomic mass is 9.85. The number of rotatable bonds is 7. The zero-order valence-corrected chi connectivity index (χ0v) is 14.5. The van der Waals surface area contributed by atoms with Crippen molar-refractivity contribution < 1.29 is 9.59 Å². The molecule has 0 radical (unpaired) electrons. The first kappa shape index (κ1) is 18.0. The summed E-state index contributed by atoms with van der Waals surface area (Å²) in [6.07, 6.45) is 4.03. The highest BCUT2D eigenvalue weighted by atomic mass is 16.2. The van der Waals surface area contributed by atoms with E-state index in [1.165, 1.54) is 0 Å². The fraction of sp³-hybridized carbons (Fsp3) is 0.882. The molecule has 3 atom stereocenters. The summed E-state index contributed by atoms with van der Waals surface area (Å²) in [5, 5.41) is 3.00. The van der Waals surface area contributed by atoms with Gasteiger partial charge in [-0.3, -0.25) is 9.59 Å². The molecule has 3 unspecified atom stereocenters. The number of hydrogen-bond acceptors (Lipinski definition) is 2. The zero-order valence-electron chi connectivity index (χ0n) is 14.5. The maximum absolute atomic E-state index is 13.0. The lowest BCUT2D eigenvalue weighted by molar-refractivity contribution is -0.158. The highest BCUT2D eigenvalue weighted by Crippen LogP contribution is 2.29. The third kappa shape index (κ3) is 3.41. The molecule has 1 saturated heterocycles. The molecule has 0 spiro atoms. The van der Waals surface area contributed by atoms with E-state index in [1.54, 1.807) is 0 Å². The second-order valence-electron chi connectivity index (χ2n) is 6.51. The Kier molecular flexibility index (Phi) is 6.24. The van der Waals surface area contributed by atoms with Crippen LogP contribution >= 0.6 is 0 Å². The summed E-state index contributed by atoms with van der Waals surface area (Å²) in [5.74, 6) is 0.680. The molecule has 4 nitrogen and oxygen atoms in total. The highest BCUT2D eigenvalue weighted by molar-refractivity contribution is 5.99.